The minimum absolute atomic E-state index is 0.143. The first-order chi connectivity index (χ1) is 9.85. The Balaban J connectivity index is 2.35. The highest BCUT2D eigenvalue weighted by Gasteiger charge is 2.37. The van der Waals surface area contributed by atoms with E-state index in [1.54, 1.807) is 6.07 Å². The van der Waals surface area contributed by atoms with Crippen LogP contribution < -0.4 is 10.6 Å². The molecule has 0 aliphatic carbocycles. The predicted molar refractivity (Wildman–Crippen MR) is 87.4 cm³/mol. The number of hydrogen-bond acceptors (Lipinski definition) is 2. The van der Waals surface area contributed by atoms with Crippen LogP contribution >= 0.6 is 11.6 Å². The third-order valence-electron chi connectivity index (χ3n) is 3.17. The van der Waals surface area contributed by atoms with Gasteiger partial charge < -0.3 is 10.6 Å². The number of fused-ring (bicyclic) bond motifs is 1. The summed E-state index contributed by atoms with van der Waals surface area (Å²) in [5, 5.41) is 6.45. The molecule has 0 aromatic heterocycles. The van der Waals surface area contributed by atoms with E-state index >= 15 is 0 Å². The van der Waals surface area contributed by atoms with E-state index in [2.05, 4.69) is 27.2 Å². The van der Waals surface area contributed by atoms with E-state index in [0.29, 0.717) is 16.4 Å². The lowest BCUT2D eigenvalue weighted by Gasteiger charge is -2.20. The molecule has 0 saturated heterocycles. The van der Waals surface area contributed by atoms with Crippen LogP contribution in [0.4, 0.5) is 5.69 Å². The van der Waals surface area contributed by atoms with Crippen LogP contribution in [0.2, 0.25) is 5.02 Å². The highest BCUT2D eigenvalue weighted by molar-refractivity contribution is 6.34. The summed E-state index contributed by atoms with van der Waals surface area (Å²) in [6, 6.07) is 3.62. The first-order valence-electron chi connectivity index (χ1n) is 6.45. The first kappa shape index (κ1) is 15.3. The molecule has 0 fully saturated rings. The number of carbonyl (C=O) groups is 1. The summed E-state index contributed by atoms with van der Waals surface area (Å²) in [7, 11) is 0. The lowest BCUT2D eigenvalue weighted by Crippen LogP contribution is -2.32. The van der Waals surface area contributed by atoms with Gasteiger partial charge in [0.25, 0.3) is 5.91 Å². The fourth-order valence-corrected chi connectivity index (χ4v) is 2.53. The monoisotopic (exact) mass is 304 g/mol. The lowest BCUT2D eigenvalue weighted by atomic mass is 9.94. The van der Waals surface area contributed by atoms with Gasteiger partial charge in [-0.15, -0.1) is 0 Å². The van der Waals surface area contributed by atoms with Crippen molar-refractivity contribution in [3.63, 3.8) is 0 Å². The van der Waals surface area contributed by atoms with Crippen LogP contribution in [0.1, 0.15) is 36.7 Å². The van der Waals surface area contributed by atoms with Gasteiger partial charge in [0.1, 0.15) is 12.2 Å². The van der Waals surface area contributed by atoms with Crippen molar-refractivity contribution in [3.05, 3.63) is 41.1 Å². The molecule has 0 bridgehead atoms. The van der Waals surface area contributed by atoms with E-state index in [4.69, 9.17) is 11.6 Å². The van der Waals surface area contributed by atoms with Crippen molar-refractivity contribution in [1.29, 1.82) is 0 Å². The SMILES string of the molecule is C=CN=CN=C(C)Nc1cc(Cl)c2c(c1)C(C)(C)NC2=O. The van der Waals surface area contributed by atoms with Crippen LogP contribution in [0.5, 0.6) is 0 Å². The number of aliphatic imine (C=N–C) groups is 2. The maximum atomic E-state index is 11.9. The molecule has 0 saturated carbocycles. The average Bonchev–Trinajstić information content (AvgIpc) is 2.60. The molecule has 1 aromatic carbocycles. The fraction of sp³-hybridized carbons (Fsp3) is 0.267. The van der Waals surface area contributed by atoms with Gasteiger partial charge in [-0.2, -0.15) is 0 Å². The van der Waals surface area contributed by atoms with Gasteiger partial charge in [-0.25, -0.2) is 9.98 Å². The van der Waals surface area contributed by atoms with E-state index in [-0.39, 0.29) is 5.91 Å². The van der Waals surface area contributed by atoms with E-state index < -0.39 is 5.54 Å². The summed E-state index contributed by atoms with van der Waals surface area (Å²) in [5.41, 5.74) is 1.74. The minimum atomic E-state index is -0.441. The van der Waals surface area contributed by atoms with E-state index in [1.807, 2.05) is 26.8 Å². The van der Waals surface area contributed by atoms with Crippen LogP contribution in [0.3, 0.4) is 0 Å². The Kier molecular flexibility index (Phi) is 4.14. The van der Waals surface area contributed by atoms with Crippen molar-refractivity contribution in [2.24, 2.45) is 9.98 Å². The van der Waals surface area contributed by atoms with Gasteiger partial charge in [0, 0.05) is 11.9 Å². The molecule has 2 rings (SSSR count). The standard InChI is InChI=1S/C15H17ClN4O/c1-5-17-8-18-9(2)19-10-6-11-13(12(16)7-10)14(21)20-15(11,3)4/h5-8H,1H2,2-4H3,(H,20,21)(H,17,18,19). The molecule has 1 aliphatic heterocycles. The summed E-state index contributed by atoms with van der Waals surface area (Å²) >= 11 is 6.23. The first-order valence-corrected chi connectivity index (χ1v) is 6.83. The quantitative estimate of drug-likeness (QED) is 0.664. The van der Waals surface area contributed by atoms with Gasteiger partial charge in [-0.3, -0.25) is 4.79 Å². The second kappa shape index (κ2) is 5.69. The molecule has 1 aromatic rings. The van der Waals surface area contributed by atoms with Gasteiger partial charge in [0.05, 0.1) is 16.1 Å². The molecule has 1 aliphatic rings. The van der Waals surface area contributed by atoms with Gasteiger partial charge in [0.2, 0.25) is 0 Å². The smallest absolute Gasteiger partial charge is 0.253 e. The molecular weight excluding hydrogens is 288 g/mol. The Morgan fingerprint density at radius 1 is 1.48 bits per heavy atom. The normalized spacial score (nSPS) is 16.8. The van der Waals surface area contributed by atoms with E-state index in [9.17, 15) is 4.79 Å². The largest absolute Gasteiger partial charge is 0.344 e. The molecule has 0 spiro atoms. The summed E-state index contributed by atoms with van der Waals surface area (Å²) in [6.07, 6.45) is 2.81. The third kappa shape index (κ3) is 3.13. The molecule has 2 N–H and O–H groups in total. The number of benzene rings is 1. The second-order valence-corrected chi connectivity index (χ2v) is 5.65. The summed E-state index contributed by atoms with van der Waals surface area (Å²) in [5.74, 6) is 0.516. The van der Waals surface area contributed by atoms with Gasteiger partial charge in [0.15, 0.2) is 0 Å². The van der Waals surface area contributed by atoms with Crippen molar-refractivity contribution in [2.45, 2.75) is 26.3 Å². The van der Waals surface area contributed by atoms with Crippen LogP contribution in [-0.4, -0.2) is 18.1 Å². The molecule has 6 heteroatoms. The number of hydrogen-bond donors (Lipinski definition) is 2. The van der Waals surface area contributed by atoms with Crippen molar-refractivity contribution >= 4 is 35.4 Å². The number of carbonyl (C=O) groups excluding carboxylic acids is 1. The Bertz CT molecular complexity index is 662. The van der Waals surface area contributed by atoms with Crippen molar-refractivity contribution < 1.29 is 4.79 Å². The summed E-state index contributed by atoms with van der Waals surface area (Å²) < 4.78 is 0. The van der Waals surface area contributed by atoms with Crippen molar-refractivity contribution in [2.75, 3.05) is 5.32 Å². The zero-order valence-corrected chi connectivity index (χ0v) is 13.0. The van der Waals surface area contributed by atoms with Gasteiger partial charge in [-0.1, -0.05) is 18.2 Å². The zero-order valence-electron chi connectivity index (χ0n) is 12.2. The zero-order chi connectivity index (χ0) is 15.6. The summed E-state index contributed by atoms with van der Waals surface area (Å²) in [6.45, 7) is 9.16. The lowest BCUT2D eigenvalue weighted by molar-refractivity contribution is 0.0940. The predicted octanol–water partition coefficient (Wildman–Crippen LogP) is 3.32. The third-order valence-corrected chi connectivity index (χ3v) is 3.46. The number of anilines is 1. The number of halogens is 1. The fourth-order valence-electron chi connectivity index (χ4n) is 2.22. The number of amidine groups is 1. The summed E-state index contributed by atoms with van der Waals surface area (Å²) in [4.78, 5) is 19.8. The molecule has 21 heavy (non-hydrogen) atoms. The van der Waals surface area contributed by atoms with Crippen molar-refractivity contribution in [3.8, 4) is 0 Å². The number of nitrogens with one attached hydrogen (secondary N) is 2. The van der Waals surface area contributed by atoms with Crippen LogP contribution in [0.25, 0.3) is 0 Å². The Morgan fingerprint density at radius 2 is 2.19 bits per heavy atom. The van der Waals surface area contributed by atoms with Crippen LogP contribution in [-0.2, 0) is 5.54 Å². The molecule has 1 heterocycles. The van der Waals surface area contributed by atoms with Crippen LogP contribution in [0, 0.1) is 0 Å². The number of nitrogens with zero attached hydrogens (tertiary/aromatic N) is 2. The minimum Gasteiger partial charge on any atom is -0.344 e. The highest BCUT2D eigenvalue weighted by atomic mass is 35.5. The van der Waals surface area contributed by atoms with Crippen LogP contribution in [0.15, 0.2) is 34.9 Å². The molecule has 0 radical (unpaired) electrons. The van der Waals surface area contributed by atoms with Crippen molar-refractivity contribution in [1.82, 2.24) is 5.32 Å². The van der Waals surface area contributed by atoms with Gasteiger partial charge >= 0.3 is 0 Å². The molecular formula is C15H17ClN4O. The number of rotatable bonds is 3. The van der Waals surface area contributed by atoms with Gasteiger partial charge in [-0.05, 0) is 38.5 Å². The highest BCUT2D eigenvalue weighted by Crippen LogP contribution is 2.37. The molecule has 0 atom stereocenters. The number of amides is 1. The molecule has 1 amide bonds. The maximum absolute atomic E-state index is 11.9. The second-order valence-electron chi connectivity index (χ2n) is 5.25. The Labute approximate surface area is 128 Å². The topological polar surface area (TPSA) is 65.8 Å². The Hall–Kier alpha value is -2.14. The average molecular weight is 305 g/mol. The molecule has 110 valence electrons. The molecule has 5 nitrogen and oxygen atoms in total. The van der Waals surface area contributed by atoms with E-state index in [1.165, 1.54) is 12.5 Å². The molecule has 0 unspecified atom stereocenters. The Morgan fingerprint density at radius 3 is 2.86 bits per heavy atom. The maximum Gasteiger partial charge on any atom is 0.253 e. The van der Waals surface area contributed by atoms with E-state index in [0.717, 1.165) is 11.3 Å².